The lowest BCUT2D eigenvalue weighted by Crippen LogP contribution is -2.29. The molecule has 0 aliphatic carbocycles. The fourth-order valence-electron chi connectivity index (χ4n) is 2.08. The van der Waals surface area contributed by atoms with Crippen LogP contribution < -0.4 is 16.4 Å². The minimum Gasteiger partial charge on any atom is -0.390 e. The molecule has 0 bridgehead atoms. The molecule has 124 valence electrons. The highest BCUT2D eigenvalue weighted by Crippen LogP contribution is 2.18. The van der Waals surface area contributed by atoms with Crippen molar-refractivity contribution in [3.63, 3.8) is 0 Å². The van der Waals surface area contributed by atoms with Crippen molar-refractivity contribution in [1.29, 1.82) is 5.41 Å². The maximum atomic E-state index is 11.0. The van der Waals surface area contributed by atoms with Crippen molar-refractivity contribution in [3.05, 3.63) is 34.7 Å². The summed E-state index contributed by atoms with van der Waals surface area (Å²) in [6.45, 7) is 3.13. The number of rotatable bonds is 6. The van der Waals surface area contributed by atoms with Gasteiger partial charge in [0.15, 0.2) is 0 Å². The summed E-state index contributed by atoms with van der Waals surface area (Å²) >= 11 is 0. The number of carbonyl (C=O) groups is 1. The molecule has 0 unspecified atom stereocenters. The Morgan fingerprint density at radius 3 is 2.61 bits per heavy atom. The molecule has 8 nitrogen and oxygen atoms in total. The fourth-order valence-corrected chi connectivity index (χ4v) is 2.08. The Morgan fingerprint density at radius 2 is 2.13 bits per heavy atom. The molecule has 0 aromatic carbocycles. The van der Waals surface area contributed by atoms with Gasteiger partial charge in [-0.05, 0) is 25.5 Å². The molecule has 0 radical (unpaired) electrons. The molecule has 0 spiro atoms. The molecule has 1 aromatic rings. The summed E-state index contributed by atoms with van der Waals surface area (Å²) < 4.78 is 0. The largest absolute Gasteiger partial charge is 0.390 e. The van der Waals surface area contributed by atoms with Crippen LogP contribution in [0.2, 0.25) is 0 Å². The minimum atomic E-state index is -0.649. The highest BCUT2D eigenvalue weighted by atomic mass is 16.3. The van der Waals surface area contributed by atoms with E-state index in [4.69, 9.17) is 11.1 Å². The number of anilines is 1. The third-order valence-corrected chi connectivity index (χ3v) is 3.33. The van der Waals surface area contributed by atoms with Crippen LogP contribution in [0.3, 0.4) is 0 Å². The number of hydrogen-bond acceptors (Lipinski definition) is 6. The second kappa shape index (κ2) is 8.04. The molecule has 1 rings (SSSR count). The smallest absolute Gasteiger partial charge is 0.316 e. The zero-order chi connectivity index (χ0) is 17.6. The van der Waals surface area contributed by atoms with Gasteiger partial charge in [-0.15, -0.1) is 0 Å². The first-order chi connectivity index (χ1) is 10.8. The van der Waals surface area contributed by atoms with Gasteiger partial charge in [0.25, 0.3) is 0 Å². The van der Waals surface area contributed by atoms with E-state index in [0.29, 0.717) is 28.4 Å². The molecule has 2 amide bonds. The predicted molar refractivity (Wildman–Crippen MR) is 91.3 cm³/mol. The Labute approximate surface area is 135 Å². The predicted octanol–water partition coefficient (Wildman–Crippen LogP) is 0.865. The number of aromatic nitrogens is 1. The van der Waals surface area contributed by atoms with E-state index in [0.717, 1.165) is 5.57 Å². The Bertz CT molecular complexity index is 679. The maximum Gasteiger partial charge on any atom is 0.316 e. The lowest BCUT2D eigenvalue weighted by atomic mass is 10.0. The van der Waals surface area contributed by atoms with Crippen molar-refractivity contribution in [2.45, 2.75) is 13.8 Å². The molecular formula is C15H22N6O2. The van der Waals surface area contributed by atoms with Gasteiger partial charge in [0.1, 0.15) is 5.82 Å². The lowest BCUT2D eigenvalue weighted by molar-refractivity contribution is 0.251. The summed E-state index contributed by atoms with van der Waals surface area (Å²) in [5, 5.41) is 22.5. The molecule has 8 heteroatoms. The molecule has 0 saturated carbocycles. The van der Waals surface area contributed by atoms with Crippen molar-refractivity contribution in [2.24, 2.45) is 10.7 Å². The van der Waals surface area contributed by atoms with E-state index in [1.807, 2.05) is 0 Å². The van der Waals surface area contributed by atoms with Crippen LogP contribution in [0.25, 0.3) is 0 Å². The van der Waals surface area contributed by atoms with Crippen LogP contribution in [-0.4, -0.2) is 48.2 Å². The summed E-state index contributed by atoms with van der Waals surface area (Å²) in [5.74, 6) is 0.497. The number of aliphatic hydroxyl groups is 1. The molecule has 6 N–H and O–H groups in total. The van der Waals surface area contributed by atoms with Gasteiger partial charge in [0, 0.05) is 37.1 Å². The van der Waals surface area contributed by atoms with E-state index in [9.17, 15) is 9.90 Å². The monoisotopic (exact) mass is 318 g/mol. The summed E-state index contributed by atoms with van der Waals surface area (Å²) in [6, 6.07) is 1.07. The van der Waals surface area contributed by atoms with Gasteiger partial charge in [-0.25, -0.2) is 9.78 Å². The molecule has 0 saturated heterocycles. The SMILES string of the molecule is C/N=C(\C(C)=C(/C)NC(N)=O)c1cnc(NC)c(C(=N)CO)c1. The van der Waals surface area contributed by atoms with Gasteiger partial charge in [0.05, 0.1) is 18.0 Å². The second-order valence-electron chi connectivity index (χ2n) is 4.82. The van der Waals surface area contributed by atoms with Gasteiger partial charge in [-0.2, -0.15) is 0 Å². The van der Waals surface area contributed by atoms with Crippen LogP contribution in [0.5, 0.6) is 0 Å². The van der Waals surface area contributed by atoms with E-state index in [-0.39, 0.29) is 5.71 Å². The lowest BCUT2D eigenvalue weighted by Gasteiger charge is -2.14. The van der Waals surface area contributed by atoms with E-state index in [2.05, 4.69) is 20.6 Å². The number of urea groups is 1. The number of nitrogens with two attached hydrogens (primary N) is 1. The Balaban J connectivity index is 3.38. The van der Waals surface area contributed by atoms with Crippen LogP contribution in [0.4, 0.5) is 10.6 Å². The van der Waals surface area contributed by atoms with Crippen molar-refractivity contribution in [2.75, 3.05) is 26.0 Å². The third kappa shape index (κ3) is 4.36. The van der Waals surface area contributed by atoms with E-state index in [1.54, 1.807) is 40.2 Å². The first-order valence-electron chi connectivity index (χ1n) is 6.93. The first kappa shape index (κ1) is 18.3. The second-order valence-corrected chi connectivity index (χ2v) is 4.82. The number of carbonyl (C=O) groups excluding carboxylic acids is 1. The quantitative estimate of drug-likeness (QED) is 0.497. The Kier molecular flexibility index (Phi) is 6.40. The molecule has 0 aliphatic rings. The third-order valence-electron chi connectivity index (χ3n) is 3.33. The van der Waals surface area contributed by atoms with Crippen molar-refractivity contribution >= 4 is 23.3 Å². The number of amides is 2. The topological polar surface area (TPSA) is 136 Å². The molecule has 0 aliphatic heterocycles. The molecule has 0 atom stereocenters. The zero-order valence-corrected chi connectivity index (χ0v) is 13.7. The van der Waals surface area contributed by atoms with Crippen LogP contribution in [0.15, 0.2) is 28.5 Å². The average molecular weight is 318 g/mol. The molecule has 1 aromatic heterocycles. The molecular weight excluding hydrogens is 296 g/mol. The van der Waals surface area contributed by atoms with Gasteiger partial charge >= 0.3 is 6.03 Å². The van der Waals surface area contributed by atoms with Crippen LogP contribution in [-0.2, 0) is 0 Å². The molecule has 0 fully saturated rings. The fraction of sp³-hybridized carbons (Fsp3) is 0.333. The van der Waals surface area contributed by atoms with Crippen LogP contribution in [0.1, 0.15) is 25.0 Å². The van der Waals surface area contributed by atoms with E-state index >= 15 is 0 Å². The maximum absolute atomic E-state index is 11.0. The normalized spacial score (nSPS) is 12.5. The number of allylic oxidation sites excluding steroid dienone is 2. The van der Waals surface area contributed by atoms with Gasteiger partial charge in [-0.1, -0.05) is 0 Å². The number of aliphatic imine (C=N–C) groups is 1. The number of pyridine rings is 1. The Hall–Kier alpha value is -2.74. The zero-order valence-electron chi connectivity index (χ0n) is 13.7. The number of primary amides is 1. The number of hydrogen-bond donors (Lipinski definition) is 5. The van der Waals surface area contributed by atoms with Crippen LogP contribution >= 0.6 is 0 Å². The number of aliphatic hydroxyl groups excluding tert-OH is 1. The number of nitrogens with zero attached hydrogens (tertiary/aromatic N) is 2. The van der Waals surface area contributed by atoms with E-state index in [1.165, 1.54) is 0 Å². The van der Waals surface area contributed by atoms with E-state index < -0.39 is 12.6 Å². The summed E-state index contributed by atoms with van der Waals surface area (Å²) in [7, 11) is 3.32. The standard InChI is InChI=1S/C15H22N6O2/c1-8(9(2)21-15(17)23)13(18-3)10-5-11(12(16)7-22)14(19-4)20-6-10/h5-6,16,22H,7H2,1-4H3,(H,19,20)(H3,17,21,23)/b9-8+,16-12?,18-13+. The van der Waals surface area contributed by atoms with Gasteiger partial charge < -0.3 is 26.9 Å². The summed E-state index contributed by atoms with van der Waals surface area (Å²) in [6.07, 6.45) is 1.61. The van der Waals surface area contributed by atoms with Crippen molar-refractivity contribution in [1.82, 2.24) is 10.3 Å². The summed E-state index contributed by atoms with van der Waals surface area (Å²) in [5.41, 5.74) is 8.25. The van der Waals surface area contributed by atoms with Gasteiger partial charge in [-0.3, -0.25) is 4.99 Å². The number of nitrogens with one attached hydrogen (secondary N) is 3. The highest BCUT2D eigenvalue weighted by molar-refractivity contribution is 6.14. The highest BCUT2D eigenvalue weighted by Gasteiger charge is 2.14. The Morgan fingerprint density at radius 1 is 1.48 bits per heavy atom. The molecule has 23 heavy (non-hydrogen) atoms. The average Bonchev–Trinajstić information content (AvgIpc) is 2.53. The van der Waals surface area contributed by atoms with Crippen molar-refractivity contribution < 1.29 is 9.90 Å². The molecule has 1 heterocycles. The van der Waals surface area contributed by atoms with Crippen molar-refractivity contribution in [3.8, 4) is 0 Å². The van der Waals surface area contributed by atoms with Crippen LogP contribution in [0, 0.1) is 5.41 Å². The first-order valence-corrected chi connectivity index (χ1v) is 6.93. The summed E-state index contributed by atoms with van der Waals surface area (Å²) in [4.78, 5) is 19.5. The minimum absolute atomic E-state index is 0.0489. The van der Waals surface area contributed by atoms with Gasteiger partial charge in [0.2, 0.25) is 0 Å².